The zero-order valence-corrected chi connectivity index (χ0v) is 12.6. The molecule has 0 saturated carbocycles. The first kappa shape index (κ1) is 14.7. The first-order valence-electron chi connectivity index (χ1n) is 7.03. The third-order valence-electron chi connectivity index (χ3n) is 4.83. The number of carbonyl (C=O) groups is 3. The number of hydrogen-bond acceptors (Lipinski definition) is 6. The molecule has 0 unspecified atom stereocenters. The molecule has 2 heterocycles. The smallest absolute Gasteiger partial charge is 0.326 e. The Morgan fingerprint density at radius 1 is 1.23 bits per heavy atom. The van der Waals surface area contributed by atoms with E-state index in [2.05, 4.69) is 5.32 Å². The second-order valence-electron chi connectivity index (χ2n) is 6.11. The molecule has 0 aromatic heterocycles. The van der Waals surface area contributed by atoms with Crippen LogP contribution in [0.1, 0.15) is 25.5 Å². The molecule has 0 amide bonds. The molecule has 2 aliphatic heterocycles. The Kier molecular flexibility index (Phi) is 3.11. The maximum absolute atomic E-state index is 12.3. The van der Waals surface area contributed by atoms with E-state index >= 15 is 0 Å². The van der Waals surface area contributed by atoms with Gasteiger partial charge in [0.05, 0.1) is 7.11 Å². The van der Waals surface area contributed by atoms with Gasteiger partial charge in [-0.05, 0) is 19.4 Å². The van der Waals surface area contributed by atoms with Crippen LogP contribution in [-0.4, -0.2) is 30.6 Å². The summed E-state index contributed by atoms with van der Waals surface area (Å²) in [5.74, 6) is -2.82. The number of nitrogens with one attached hydrogen (secondary N) is 1. The van der Waals surface area contributed by atoms with Gasteiger partial charge in [-0.2, -0.15) is 0 Å². The average Bonchev–Trinajstić information content (AvgIpc) is 2.90. The fraction of sp³-hybridized carbons (Fsp3) is 0.438. The van der Waals surface area contributed by atoms with E-state index in [1.165, 1.54) is 7.11 Å². The molecule has 2 saturated heterocycles. The minimum atomic E-state index is -1.31. The van der Waals surface area contributed by atoms with Gasteiger partial charge in [-0.15, -0.1) is 0 Å². The zero-order valence-electron chi connectivity index (χ0n) is 12.6. The molecular weight excluding hydrogens is 286 g/mol. The minimum absolute atomic E-state index is 0.512. The van der Waals surface area contributed by atoms with E-state index in [1.807, 2.05) is 30.3 Å². The number of methoxy groups -OCH3 is 1. The Morgan fingerprint density at radius 2 is 1.86 bits per heavy atom. The normalized spacial score (nSPS) is 36.9. The molecule has 1 aromatic rings. The lowest BCUT2D eigenvalue weighted by molar-refractivity contribution is -0.160. The molecule has 0 radical (unpaired) electrons. The van der Waals surface area contributed by atoms with Crippen molar-refractivity contribution in [3.05, 3.63) is 35.9 Å². The van der Waals surface area contributed by atoms with E-state index in [1.54, 1.807) is 13.8 Å². The van der Waals surface area contributed by atoms with E-state index in [0.29, 0.717) is 0 Å². The highest BCUT2D eigenvalue weighted by molar-refractivity contribution is 6.04. The summed E-state index contributed by atoms with van der Waals surface area (Å²) in [4.78, 5) is 36.8. The van der Waals surface area contributed by atoms with Gasteiger partial charge < -0.3 is 9.47 Å². The lowest BCUT2D eigenvalue weighted by atomic mass is 9.69. The van der Waals surface area contributed by atoms with Crippen LogP contribution >= 0.6 is 0 Å². The Labute approximate surface area is 127 Å². The Hall–Kier alpha value is -2.21. The first-order valence-corrected chi connectivity index (χ1v) is 7.03. The first-order chi connectivity index (χ1) is 10.4. The zero-order chi connectivity index (χ0) is 16.1. The minimum Gasteiger partial charge on any atom is -0.468 e. The van der Waals surface area contributed by atoms with Crippen molar-refractivity contribution in [1.82, 2.24) is 5.32 Å². The SMILES string of the molecule is COC(=O)[C@]1(C)N[C@H](c2ccccc2)[C@]2(C)C(=O)OC(=O)[C@@H]21. The summed E-state index contributed by atoms with van der Waals surface area (Å²) in [6.45, 7) is 3.23. The molecule has 1 N–H and O–H groups in total. The van der Waals surface area contributed by atoms with Gasteiger partial charge in [-0.3, -0.25) is 19.7 Å². The van der Waals surface area contributed by atoms with Crippen LogP contribution in [0.25, 0.3) is 0 Å². The van der Waals surface area contributed by atoms with Crippen LogP contribution in [0.4, 0.5) is 0 Å². The largest absolute Gasteiger partial charge is 0.468 e. The molecule has 2 aliphatic rings. The third-order valence-corrected chi connectivity index (χ3v) is 4.83. The van der Waals surface area contributed by atoms with Gasteiger partial charge >= 0.3 is 17.9 Å². The van der Waals surface area contributed by atoms with Crippen LogP contribution in [0.5, 0.6) is 0 Å². The van der Waals surface area contributed by atoms with E-state index in [-0.39, 0.29) is 0 Å². The molecule has 2 fully saturated rings. The van der Waals surface area contributed by atoms with Gasteiger partial charge in [-0.25, -0.2) is 0 Å². The molecule has 6 heteroatoms. The van der Waals surface area contributed by atoms with Gasteiger partial charge in [0, 0.05) is 6.04 Å². The van der Waals surface area contributed by atoms with Gasteiger partial charge in [-0.1, -0.05) is 30.3 Å². The lowest BCUT2D eigenvalue weighted by Crippen LogP contribution is -2.52. The summed E-state index contributed by atoms with van der Waals surface area (Å²) in [7, 11) is 1.25. The molecule has 0 bridgehead atoms. The maximum Gasteiger partial charge on any atom is 0.326 e. The maximum atomic E-state index is 12.3. The number of rotatable bonds is 2. The second-order valence-corrected chi connectivity index (χ2v) is 6.11. The van der Waals surface area contributed by atoms with Crippen molar-refractivity contribution in [3.8, 4) is 0 Å². The quantitative estimate of drug-likeness (QED) is 0.647. The van der Waals surface area contributed by atoms with Crippen molar-refractivity contribution >= 4 is 17.9 Å². The van der Waals surface area contributed by atoms with E-state index in [4.69, 9.17) is 9.47 Å². The number of ether oxygens (including phenoxy) is 2. The second kappa shape index (κ2) is 4.64. The monoisotopic (exact) mass is 303 g/mol. The summed E-state index contributed by atoms with van der Waals surface area (Å²) < 4.78 is 9.69. The number of carbonyl (C=O) groups excluding carboxylic acids is 3. The number of fused-ring (bicyclic) bond motifs is 1. The Balaban J connectivity index is 2.16. The summed E-state index contributed by atoms with van der Waals surface area (Å²) >= 11 is 0. The Bertz CT molecular complexity index is 658. The van der Waals surface area contributed by atoms with Crippen molar-refractivity contribution in [1.29, 1.82) is 0 Å². The molecule has 0 spiro atoms. The topological polar surface area (TPSA) is 81.7 Å². The molecule has 116 valence electrons. The molecule has 6 nitrogen and oxygen atoms in total. The van der Waals surface area contributed by atoms with Crippen LogP contribution in [0.3, 0.4) is 0 Å². The number of benzene rings is 1. The van der Waals surface area contributed by atoms with Gasteiger partial charge in [0.1, 0.15) is 16.9 Å². The molecule has 4 atom stereocenters. The van der Waals surface area contributed by atoms with Crippen LogP contribution < -0.4 is 5.32 Å². The molecule has 22 heavy (non-hydrogen) atoms. The van der Waals surface area contributed by atoms with Crippen LogP contribution in [-0.2, 0) is 23.9 Å². The Morgan fingerprint density at radius 3 is 2.45 bits per heavy atom. The van der Waals surface area contributed by atoms with E-state index in [0.717, 1.165) is 5.56 Å². The number of hydrogen-bond donors (Lipinski definition) is 1. The average molecular weight is 303 g/mol. The summed E-state index contributed by atoms with van der Waals surface area (Å²) in [5.41, 5.74) is -1.65. The van der Waals surface area contributed by atoms with Gasteiger partial charge in [0.15, 0.2) is 0 Å². The van der Waals surface area contributed by atoms with E-state index < -0.39 is 40.8 Å². The van der Waals surface area contributed by atoms with Gasteiger partial charge in [0.2, 0.25) is 0 Å². The van der Waals surface area contributed by atoms with Crippen molar-refractivity contribution < 1.29 is 23.9 Å². The lowest BCUT2D eigenvalue weighted by Gasteiger charge is -2.26. The van der Waals surface area contributed by atoms with Crippen LogP contribution in [0.15, 0.2) is 30.3 Å². The fourth-order valence-corrected chi connectivity index (χ4v) is 3.74. The fourth-order valence-electron chi connectivity index (χ4n) is 3.74. The molecule has 0 aliphatic carbocycles. The predicted octanol–water partition coefficient (Wildman–Crippen LogP) is 0.968. The van der Waals surface area contributed by atoms with E-state index in [9.17, 15) is 14.4 Å². The number of esters is 3. The predicted molar refractivity (Wildman–Crippen MR) is 75.4 cm³/mol. The summed E-state index contributed by atoms with van der Waals surface area (Å²) in [6, 6.07) is 8.71. The highest BCUT2D eigenvalue weighted by Gasteiger charge is 2.73. The third kappa shape index (κ3) is 1.67. The highest BCUT2D eigenvalue weighted by atomic mass is 16.6. The van der Waals surface area contributed by atoms with Crippen molar-refractivity contribution in [2.45, 2.75) is 25.4 Å². The van der Waals surface area contributed by atoms with Crippen LogP contribution in [0.2, 0.25) is 0 Å². The molecule has 1 aromatic carbocycles. The van der Waals surface area contributed by atoms with Crippen molar-refractivity contribution in [2.24, 2.45) is 11.3 Å². The molecular formula is C16H17NO5. The van der Waals surface area contributed by atoms with Crippen LogP contribution in [0, 0.1) is 11.3 Å². The van der Waals surface area contributed by atoms with Crippen molar-refractivity contribution in [3.63, 3.8) is 0 Å². The standard InChI is InChI=1S/C16H17NO5/c1-15-10(12(18)22-13(15)19)16(2,14(20)21-3)17-11(15)9-7-5-4-6-8-9/h4-8,10-11,17H,1-3H3/t10-,11+,15+,16+/m0/s1. The number of cyclic esters (lactones) is 2. The van der Waals surface area contributed by atoms with Gasteiger partial charge in [0.25, 0.3) is 0 Å². The molecule has 3 rings (SSSR count). The summed E-state index contributed by atoms with van der Waals surface area (Å²) in [6.07, 6.45) is 0. The summed E-state index contributed by atoms with van der Waals surface area (Å²) in [5, 5.41) is 3.14. The van der Waals surface area contributed by atoms with Crippen molar-refractivity contribution in [2.75, 3.05) is 7.11 Å². The highest BCUT2D eigenvalue weighted by Crippen LogP contribution is 2.56.